The van der Waals surface area contributed by atoms with Crippen molar-refractivity contribution in [3.05, 3.63) is 60.8 Å². The molecule has 0 unspecified atom stereocenters. The van der Waals surface area contributed by atoms with Crippen molar-refractivity contribution in [1.29, 1.82) is 0 Å². The van der Waals surface area contributed by atoms with Gasteiger partial charge in [0.25, 0.3) is 0 Å². The number of halogens is 1. The van der Waals surface area contributed by atoms with Gasteiger partial charge in [-0.2, -0.15) is 0 Å². The molecule has 0 heterocycles. The van der Waals surface area contributed by atoms with E-state index in [0.717, 1.165) is 12.0 Å². The summed E-state index contributed by atoms with van der Waals surface area (Å²) in [5.74, 6) is 0.0892. The Hall–Kier alpha value is -1.70. The molecule has 0 bridgehead atoms. The minimum atomic E-state index is 0.0892. The summed E-state index contributed by atoms with van der Waals surface area (Å²) in [5.41, 5.74) is 1.55. The van der Waals surface area contributed by atoms with Crippen LogP contribution < -0.4 is 0 Å². The van der Waals surface area contributed by atoms with E-state index in [9.17, 15) is 9.18 Å². The van der Waals surface area contributed by atoms with Crippen molar-refractivity contribution in [2.75, 3.05) is 7.18 Å². The van der Waals surface area contributed by atoms with Crippen LogP contribution in [0.15, 0.2) is 60.8 Å². The Labute approximate surface area is 138 Å². The lowest BCUT2D eigenvalue weighted by atomic mass is 10.0. The first-order valence-corrected chi connectivity index (χ1v) is 7.86. The minimum Gasteiger partial charge on any atom is -0.294 e. The number of alkyl halides is 1. The van der Waals surface area contributed by atoms with Gasteiger partial charge in [0.05, 0.1) is 7.18 Å². The van der Waals surface area contributed by atoms with Gasteiger partial charge in [0, 0.05) is 12.0 Å². The molecule has 0 rings (SSSR count). The molecule has 0 N–H and O–H groups in total. The molecule has 0 atom stereocenters. The fourth-order valence-corrected chi connectivity index (χ4v) is 1.17. The van der Waals surface area contributed by atoms with E-state index in [0.29, 0.717) is 19.2 Å². The highest BCUT2D eigenvalue weighted by molar-refractivity contribution is 5.99. The Morgan fingerprint density at radius 1 is 1.09 bits per heavy atom. The predicted molar refractivity (Wildman–Crippen MR) is 101 cm³/mol. The van der Waals surface area contributed by atoms with Crippen molar-refractivity contribution in [2.24, 2.45) is 0 Å². The molecular formula is C20H35FO. The summed E-state index contributed by atoms with van der Waals surface area (Å²) in [5, 5.41) is 0. The zero-order chi connectivity index (χ0) is 18.4. The highest BCUT2D eigenvalue weighted by atomic mass is 19.1. The molecule has 128 valence electrons. The fraction of sp³-hybridized carbons (Fsp3) is 0.450. The van der Waals surface area contributed by atoms with Crippen LogP contribution in [-0.2, 0) is 4.79 Å². The summed E-state index contributed by atoms with van der Waals surface area (Å²) >= 11 is 0. The number of Topliss-reactive ketones (excluding diaryl/α,β-unsaturated/α-hetero) is 1. The van der Waals surface area contributed by atoms with E-state index >= 15 is 0 Å². The molecule has 0 fully saturated rings. The number of allylic oxidation sites excluding steroid dienone is 8. The van der Waals surface area contributed by atoms with Crippen molar-refractivity contribution in [2.45, 2.75) is 54.4 Å². The highest BCUT2D eigenvalue weighted by Crippen LogP contribution is 2.09. The normalized spacial score (nSPS) is 9.73. The first kappa shape index (κ1) is 28.5. The number of carbonyl (C=O) groups excluding carboxylic acids is 1. The van der Waals surface area contributed by atoms with E-state index in [4.69, 9.17) is 0 Å². The maximum absolute atomic E-state index is 11.8. The number of rotatable bonds is 7. The second-order valence-corrected chi connectivity index (χ2v) is 3.41. The Kier molecular flexibility index (Phi) is 35.7. The molecular weight excluding hydrogens is 275 g/mol. The Morgan fingerprint density at radius 3 is 1.95 bits per heavy atom. The van der Waals surface area contributed by atoms with Crippen LogP contribution in [0.4, 0.5) is 4.39 Å². The molecule has 1 nitrogen and oxygen atoms in total. The van der Waals surface area contributed by atoms with Gasteiger partial charge < -0.3 is 0 Å². The van der Waals surface area contributed by atoms with E-state index in [2.05, 4.69) is 20.1 Å². The molecule has 2 heteroatoms. The van der Waals surface area contributed by atoms with Crippen LogP contribution in [-0.4, -0.2) is 13.0 Å². The monoisotopic (exact) mass is 310 g/mol. The second kappa shape index (κ2) is 27.6. The lowest BCUT2D eigenvalue weighted by Gasteiger charge is -2.01. The van der Waals surface area contributed by atoms with Crippen LogP contribution in [0.3, 0.4) is 0 Å². The molecule has 0 saturated carbocycles. The summed E-state index contributed by atoms with van der Waals surface area (Å²) in [6.45, 7) is 19.3. The Bertz CT molecular complexity index is 347. The fourth-order valence-electron chi connectivity index (χ4n) is 1.17. The van der Waals surface area contributed by atoms with E-state index < -0.39 is 0 Å². The molecule has 0 radical (unpaired) electrons. The zero-order valence-electron chi connectivity index (χ0n) is 15.6. The maximum atomic E-state index is 11.8. The lowest BCUT2D eigenvalue weighted by molar-refractivity contribution is -0.114. The van der Waals surface area contributed by atoms with Crippen molar-refractivity contribution in [3.8, 4) is 0 Å². The summed E-state index contributed by atoms with van der Waals surface area (Å²) in [6.07, 6.45) is 12.2. The number of hydrogen-bond acceptors (Lipinski definition) is 1. The number of ketones is 1. The van der Waals surface area contributed by atoms with Gasteiger partial charge in [-0.15, -0.1) is 0 Å². The van der Waals surface area contributed by atoms with Crippen LogP contribution in [0.25, 0.3) is 0 Å². The van der Waals surface area contributed by atoms with E-state index in [1.54, 1.807) is 24.3 Å². The number of hydrogen-bond donors (Lipinski definition) is 0. The molecule has 0 aliphatic carbocycles. The summed E-state index contributed by atoms with van der Waals surface area (Å²) < 4.78 is 9.50. The third-order valence-corrected chi connectivity index (χ3v) is 2.02. The van der Waals surface area contributed by atoms with Gasteiger partial charge in [-0.3, -0.25) is 9.18 Å². The summed E-state index contributed by atoms with van der Waals surface area (Å²) in [4.78, 5) is 11.8. The third-order valence-electron chi connectivity index (χ3n) is 2.02. The second-order valence-electron chi connectivity index (χ2n) is 3.41. The lowest BCUT2D eigenvalue weighted by Crippen LogP contribution is -2.00. The smallest absolute Gasteiger partial charge is 0.166 e. The van der Waals surface area contributed by atoms with Gasteiger partial charge in [0.15, 0.2) is 5.78 Å². The Morgan fingerprint density at radius 2 is 1.59 bits per heavy atom. The Balaban J connectivity index is -0.000000238. The summed E-state index contributed by atoms with van der Waals surface area (Å²) in [7, 11) is 0.500. The van der Waals surface area contributed by atoms with Gasteiger partial charge in [0.2, 0.25) is 0 Å². The van der Waals surface area contributed by atoms with Crippen LogP contribution >= 0.6 is 0 Å². The van der Waals surface area contributed by atoms with Gasteiger partial charge in [-0.25, -0.2) is 0 Å². The van der Waals surface area contributed by atoms with E-state index in [-0.39, 0.29) is 5.78 Å². The molecule has 0 aromatic rings. The van der Waals surface area contributed by atoms with Crippen LogP contribution in [0.1, 0.15) is 54.4 Å². The maximum Gasteiger partial charge on any atom is 0.166 e. The van der Waals surface area contributed by atoms with E-state index in [1.807, 2.05) is 46.8 Å². The predicted octanol–water partition coefficient (Wildman–Crippen LogP) is 6.79. The van der Waals surface area contributed by atoms with Crippen LogP contribution in [0.2, 0.25) is 0 Å². The SMILES string of the molecule is C=C/C=C\C(=C/C)C(=O)CC(=C)/C=C\CC.CC.CC.CF. The molecule has 0 aliphatic heterocycles. The molecule has 0 amide bonds. The largest absolute Gasteiger partial charge is 0.294 e. The molecule has 0 spiro atoms. The minimum absolute atomic E-state index is 0.0892. The highest BCUT2D eigenvalue weighted by Gasteiger charge is 2.05. The quantitative estimate of drug-likeness (QED) is 0.373. The average molecular weight is 310 g/mol. The zero-order valence-corrected chi connectivity index (χ0v) is 15.6. The van der Waals surface area contributed by atoms with Gasteiger partial charge in [0.1, 0.15) is 0 Å². The molecule has 22 heavy (non-hydrogen) atoms. The first-order valence-electron chi connectivity index (χ1n) is 7.86. The first-order chi connectivity index (χ1) is 10.7. The summed E-state index contributed by atoms with van der Waals surface area (Å²) in [6, 6.07) is 0. The average Bonchev–Trinajstić information content (AvgIpc) is 2.59. The van der Waals surface area contributed by atoms with Crippen LogP contribution in [0, 0.1) is 0 Å². The molecule has 0 saturated heterocycles. The van der Waals surface area contributed by atoms with Gasteiger partial charge in [-0.1, -0.05) is 84.2 Å². The van der Waals surface area contributed by atoms with Gasteiger partial charge >= 0.3 is 0 Å². The van der Waals surface area contributed by atoms with Crippen LogP contribution in [0.5, 0.6) is 0 Å². The van der Waals surface area contributed by atoms with Crippen molar-refractivity contribution >= 4 is 5.78 Å². The topological polar surface area (TPSA) is 17.1 Å². The van der Waals surface area contributed by atoms with Gasteiger partial charge in [-0.05, 0) is 18.9 Å². The molecule has 0 aromatic carbocycles. The number of carbonyl (C=O) groups is 1. The standard InChI is InChI=1S/C15H20O.2C2H6.CH3F/c1-5-8-10-13(4)12-15(16)14(7-3)11-9-6-2;3*1-2/h6-11H,2,4-5,12H2,1,3H3;2*1-2H3;1H3/b10-8-,11-9-,14-7+;;;. The van der Waals surface area contributed by atoms with Crippen molar-refractivity contribution < 1.29 is 9.18 Å². The van der Waals surface area contributed by atoms with Crippen molar-refractivity contribution in [3.63, 3.8) is 0 Å². The van der Waals surface area contributed by atoms with Crippen molar-refractivity contribution in [1.82, 2.24) is 0 Å². The molecule has 0 aliphatic rings. The third kappa shape index (κ3) is 20.6. The molecule has 0 aromatic heterocycles. The van der Waals surface area contributed by atoms with E-state index in [1.165, 1.54) is 0 Å².